The van der Waals surface area contributed by atoms with Crippen LogP contribution in [0, 0.1) is 6.92 Å². The Morgan fingerprint density at radius 2 is 1.68 bits per heavy atom. The van der Waals surface area contributed by atoms with Gasteiger partial charge in [0, 0.05) is 23.9 Å². The zero-order valence-electron chi connectivity index (χ0n) is 14.9. The molecule has 0 atom stereocenters. The molecule has 0 amide bonds. The van der Waals surface area contributed by atoms with E-state index in [0.29, 0.717) is 29.5 Å². The molecule has 0 saturated carbocycles. The highest BCUT2D eigenvalue weighted by Crippen LogP contribution is 2.30. The van der Waals surface area contributed by atoms with Crippen LogP contribution in [0.25, 0.3) is 5.78 Å². The van der Waals surface area contributed by atoms with Crippen LogP contribution in [0.5, 0.6) is 0 Å². The summed E-state index contributed by atoms with van der Waals surface area (Å²) < 4.78 is 39.8. The molecule has 28 heavy (non-hydrogen) atoms. The number of nitrogens with one attached hydrogen (secondary N) is 1. The standard InChI is InChI=1S/C20H16F3N5/c1-13-11-18(25-16-9-7-15(8-10-16)20(21,22)23)28-19(24-13)26-17(27-28)12-14-5-3-2-4-6-14/h2-11,25H,12H2,1H3. The molecule has 0 aliphatic rings. The molecule has 0 aliphatic carbocycles. The van der Waals surface area contributed by atoms with Gasteiger partial charge in [-0.2, -0.15) is 22.7 Å². The Labute approximate surface area is 158 Å². The predicted octanol–water partition coefficient (Wildman–Crippen LogP) is 4.79. The van der Waals surface area contributed by atoms with E-state index in [-0.39, 0.29) is 0 Å². The third-order valence-corrected chi connectivity index (χ3v) is 4.17. The second kappa shape index (κ2) is 6.95. The molecule has 0 fully saturated rings. The van der Waals surface area contributed by atoms with E-state index in [1.807, 2.05) is 37.3 Å². The van der Waals surface area contributed by atoms with E-state index < -0.39 is 11.7 Å². The molecule has 2 aromatic carbocycles. The van der Waals surface area contributed by atoms with E-state index >= 15 is 0 Å². The van der Waals surface area contributed by atoms with Gasteiger partial charge in [0.15, 0.2) is 5.82 Å². The normalized spacial score (nSPS) is 11.7. The lowest BCUT2D eigenvalue weighted by molar-refractivity contribution is -0.137. The van der Waals surface area contributed by atoms with Crippen molar-refractivity contribution < 1.29 is 13.2 Å². The van der Waals surface area contributed by atoms with Gasteiger partial charge in [0.2, 0.25) is 0 Å². The number of anilines is 2. The van der Waals surface area contributed by atoms with Gasteiger partial charge < -0.3 is 5.32 Å². The number of alkyl halides is 3. The van der Waals surface area contributed by atoms with Gasteiger partial charge in [-0.25, -0.2) is 4.98 Å². The van der Waals surface area contributed by atoms with Gasteiger partial charge in [0.05, 0.1) is 5.56 Å². The molecular weight excluding hydrogens is 367 g/mol. The minimum Gasteiger partial charge on any atom is -0.340 e. The molecule has 4 rings (SSSR count). The van der Waals surface area contributed by atoms with Gasteiger partial charge in [0.25, 0.3) is 5.78 Å². The second-order valence-corrected chi connectivity index (χ2v) is 6.39. The SMILES string of the molecule is Cc1cc(Nc2ccc(C(F)(F)F)cc2)n2nc(Cc3ccccc3)nc2n1. The zero-order chi connectivity index (χ0) is 19.7. The number of aromatic nitrogens is 4. The van der Waals surface area contributed by atoms with Gasteiger partial charge in [-0.1, -0.05) is 30.3 Å². The van der Waals surface area contributed by atoms with Crippen LogP contribution in [-0.4, -0.2) is 19.6 Å². The summed E-state index contributed by atoms with van der Waals surface area (Å²) in [7, 11) is 0. The summed E-state index contributed by atoms with van der Waals surface area (Å²) in [4.78, 5) is 8.86. The lowest BCUT2D eigenvalue weighted by atomic mass is 10.1. The van der Waals surface area contributed by atoms with E-state index in [2.05, 4.69) is 20.4 Å². The van der Waals surface area contributed by atoms with Crippen LogP contribution in [0.2, 0.25) is 0 Å². The Morgan fingerprint density at radius 1 is 0.964 bits per heavy atom. The monoisotopic (exact) mass is 383 g/mol. The number of hydrogen-bond acceptors (Lipinski definition) is 4. The van der Waals surface area contributed by atoms with Crippen LogP contribution in [0.15, 0.2) is 60.7 Å². The molecule has 0 radical (unpaired) electrons. The van der Waals surface area contributed by atoms with Gasteiger partial charge in [-0.05, 0) is 36.8 Å². The van der Waals surface area contributed by atoms with Crippen molar-refractivity contribution in [1.29, 1.82) is 0 Å². The quantitative estimate of drug-likeness (QED) is 0.551. The first-order chi connectivity index (χ1) is 13.4. The minimum absolute atomic E-state index is 0.431. The number of hydrogen-bond donors (Lipinski definition) is 1. The van der Waals surface area contributed by atoms with Crippen molar-refractivity contribution in [2.24, 2.45) is 0 Å². The molecule has 5 nitrogen and oxygen atoms in total. The highest BCUT2D eigenvalue weighted by molar-refractivity contribution is 5.59. The molecule has 2 heterocycles. The van der Waals surface area contributed by atoms with E-state index in [4.69, 9.17) is 0 Å². The van der Waals surface area contributed by atoms with Crippen molar-refractivity contribution in [2.45, 2.75) is 19.5 Å². The number of nitrogens with zero attached hydrogens (tertiary/aromatic N) is 4. The van der Waals surface area contributed by atoms with Crippen molar-refractivity contribution in [3.8, 4) is 0 Å². The van der Waals surface area contributed by atoms with E-state index in [1.165, 1.54) is 12.1 Å². The van der Waals surface area contributed by atoms with Crippen LogP contribution in [0.3, 0.4) is 0 Å². The van der Waals surface area contributed by atoms with Crippen molar-refractivity contribution in [1.82, 2.24) is 19.6 Å². The lowest BCUT2D eigenvalue weighted by Crippen LogP contribution is -2.05. The Hall–Kier alpha value is -3.42. The molecule has 2 aromatic heterocycles. The smallest absolute Gasteiger partial charge is 0.340 e. The van der Waals surface area contributed by atoms with Crippen LogP contribution < -0.4 is 5.32 Å². The number of rotatable bonds is 4. The van der Waals surface area contributed by atoms with Gasteiger partial charge in [-0.15, -0.1) is 5.10 Å². The Morgan fingerprint density at radius 3 is 2.36 bits per heavy atom. The molecule has 0 spiro atoms. The third kappa shape index (κ3) is 3.80. The second-order valence-electron chi connectivity index (χ2n) is 6.39. The van der Waals surface area contributed by atoms with Crippen molar-refractivity contribution in [3.63, 3.8) is 0 Å². The van der Waals surface area contributed by atoms with Crippen molar-refractivity contribution in [3.05, 3.63) is 83.3 Å². The Bertz CT molecular complexity index is 1100. The van der Waals surface area contributed by atoms with Crippen LogP contribution >= 0.6 is 0 Å². The molecule has 0 saturated heterocycles. The van der Waals surface area contributed by atoms with E-state index in [1.54, 1.807) is 10.6 Å². The van der Waals surface area contributed by atoms with Crippen molar-refractivity contribution in [2.75, 3.05) is 5.32 Å². The molecule has 0 unspecified atom stereocenters. The maximum Gasteiger partial charge on any atom is 0.416 e. The largest absolute Gasteiger partial charge is 0.416 e. The fourth-order valence-electron chi connectivity index (χ4n) is 2.86. The number of benzene rings is 2. The molecular formula is C20H16F3N5. The first-order valence-electron chi connectivity index (χ1n) is 8.60. The molecule has 0 bridgehead atoms. The molecule has 1 N–H and O–H groups in total. The van der Waals surface area contributed by atoms with Gasteiger partial charge in [-0.3, -0.25) is 0 Å². The van der Waals surface area contributed by atoms with Crippen LogP contribution in [0.4, 0.5) is 24.7 Å². The lowest BCUT2D eigenvalue weighted by Gasteiger charge is -2.10. The van der Waals surface area contributed by atoms with E-state index in [9.17, 15) is 13.2 Å². The van der Waals surface area contributed by atoms with Gasteiger partial charge >= 0.3 is 6.18 Å². The number of fused-ring (bicyclic) bond motifs is 1. The van der Waals surface area contributed by atoms with Gasteiger partial charge in [0.1, 0.15) is 5.82 Å². The number of aryl methyl sites for hydroxylation is 1. The average Bonchev–Trinajstić information content (AvgIpc) is 3.04. The Balaban J connectivity index is 1.65. The van der Waals surface area contributed by atoms with Crippen LogP contribution in [0.1, 0.15) is 22.6 Å². The molecule has 0 aliphatic heterocycles. The zero-order valence-corrected chi connectivity index (χ0v) is 14.9. The minimum atomic E-state index is -4.36. The van der Waals surface area contributed by atoms with Crippen molar-refractivity contribution >= 4 is 17.3 Å². The summed E-state index contributed by atoms with van der Waals surface area (Å²) in [5.41, 5.74) is 1.62. The predicted molar refractivity (Wildman–Crippen MR) is 99.5 cm³/mol. The summed E-state index contributed by atoms with van der Waals surface area (Å²) in [6.07, 6.45) is -3.81. The first kappa shape index (κ1) is 18.0. The summed E-state index contributed by atoms with van der Waals surface area (Å²) in [6, 6.07) is 16.4. The highest BCUT2D eigenvalue weighted by Gasteiger charge is 2.29. The molecule has 142 valence electrons. The molecule has 4 aromatic rings. The fraction of sp³-hybridized carbons (Fsp3) is 0.150. The molecule has 8 heteroatoms. The highest BCUT2D eigenvalue weighted by atomic mass is 19.4. The first-order valence-corrected chi connectivity index (χ1v) is 8.60. The number of halogens is 3. The average molecular weight is 383 g/mol. The topological polar surface area (TPSA) is 55.1 Å². The summed E-state index contributed by atoms with van der Waals surface area (Å²) in [6.45, 7) is 1.82. The fourth-order valence-corrected chi connectivity index (χ4v) is 2.86. The Kier molecular flexibility index (Phi) is 4.46. The summed E-state index contributed by atoms with van der Waals surface area (Å²) in [5, 5.41) is 7.60. The maximum atomic E-state index is 12.7. The maximum absolute atomic E-state index is 12.7. The van der Waals surface area contributed by atoms with Crippen LogP contribution in [-0.2, 0) is 12.6 Å². The van der Waals surface area contributed by atoms with E-state index in [0.717, 1.165) is 23.4 Å². The summed E-state index contributed by atoms with van der Waals surface area (Å²) >= 11 is 0. The third-order valence-electron chi connectivity index (χ3n) is 4.17. The summed E-state index contributed by atoms with van der Waals surface area (Å²) in [5.74, 6) is 1.62.